The third-order valence-corrected chi connectivity index (χ3v) is 4.38. The predicted molar refractivity (Wildman–Crippen MR) is 83.8 cm³/mol. The molecule has 4 rings (SSSR count). The highest BCUT2D eigenvalue weighted by Gasteiger charge is 2.28. The Morgan fingerprint density at radius 2 is 1.95 bits per heavy atom. The Balaban J connectivity index is 1.73. The van der Waals surface area contributed by atoms with Gasteiger partial charge in [0.25, 0.3) is 0 Å². The molecule has 1 aliphatic rings. The lowest BCUT2D eigenvalue weighted by Gasteiger charge is -2.31. The largest absolute Gasteiger partial charge is 0.390 e. The molecule has 0 saturated heterocycles. The van der Waals surface area contributed by atoms with Gasteiger partial charge in [0.1, 0.15) is 5.52 Å². The van der Waals surface area contributed by atoms with Crippen LogP contribution in [0.3, 0.4) is 0 Å². The summed E-state index contributed by atoms with van der Waals surface area (Å²) in [4.78, 5) is 8.92. The molecule has 6 heteroatoms. The zero-order chi connectivity index (χ0) is 15.1. The Bertz CT molecular complexity index is 816. The first-order chi connectivity index (χ1) is 10.7. The molecule has 0 aliphatic heterocycles. The zero-order valence-electron chi connectivity index (χ0n) is 12.1. The normalized spacial score (nSPS) is 25.6. The van der Waals surface area contributed by atoms with Crippen LogP contribution >= 0.6 is 0 Å². The highest BCUT2D eigenvalue weighted by molar-refractivity contribution is 5.84. The van der Waals surface area contributed by atoms with E-state index in [1.807, 2.05) is 28.7 Å². The van der Waals surface area contributed by atoms with Crippen molar-refractivity contribution in [3.05, 3.63) is 36.8 Å². The van der Waals surface area contributed by atoms with Gasteiger partial charge < -0.3 is 15.5 Å². The van der Waals surface area contributed by atoms with E-state index in [0.29, 0.717) is 12.8 Å². The van der Waals surface area contributed by atoms with Crippen molar-refractivity contribution in [2.45, 2.75) is 37.5 Å². The lowest BCUT2D eigenvalue weighted by Crippen LogP contribution is -2.39. The monoisotopic (exact) mass is 298 g/mol. The summed E-state index contributed by atoms with van der Waals surface area (Å²) < 4.78 is 2.01. The number of hydrogen-bond donors (Lipinski definition) is 3. The van der Waals surface area contributed by atoms with E-state index in [0.717, 1.165) is 28.8 Å². The molecule has 1 unspecified atom stereocenters. The van der Waals surface area contributed by atoms with Gasteiger partial charge in [0.2, 0.25) is 0 Å². The van der Waals surface area contributed by atoms with E-state index < -0.39 is 12.2 Å². The number of aliphatic hydroxyl groups is 2. The first-order valence-corrected chi connectivity index (χ1v) is 7.56. The number of para-hydroxylation sites is 2. The number of aliphatic hydroxyl groups excluding tert-OH is 2. The number of nitrogens with one attached hydrogen (secondary N) is 1. The Morgan fingerprint density at radius 3 is 2.82 bits per heavy atom. The topological polar surface area (TPSA) is 82.7 Å². The van der Waals surface area contributed by atoms with Gasteiger partial charge in [-0.15, -0.1) is 0 Å². The van der Waals surface area contributed by atoms with E-state index in [2.05, 4.69) is 10.3 Å². The fourth-order valence-corrected chi connectivity index (χ4v) is 3.16. The van der Waals surface area contributed by atoms with Crippen molar-refractivity contribution in [2.75, 3.05) is 5.32 Å². The molecular weight excluding hydrogens is 280 g/mol. The Morgan fingerprint density at radius 1 is 1.09 bits per heavy atom. The van der Waals surface area contributed by atoms with E-state index in [9.17, 15) is 10.2 Å². The number of aromatic nitrogens is 3. The van der Waals surface area contributed by atoms with Crippen LogP contribution in [0.4, 0.5) is 5.82 Å². The summed E-state index contributed by atoms with van der Waals surface area (Å²) in [5, 5.41) is 22.9. The average molecular weight is 298 g/mol. The summed E-state index contributed by atoms with van der Waals surface area (Å²) in [6.45, 7) is 0. The molecule has 2 aromatic heterocycles. The fourth-order valence-electron chi connectivity index (χ4n) is 3.16. The Labute approximate surface area is 127 Å². The van der Waals surface area contributed by atoms with Gasteiger partial charge in [-0.3, -0.25) is 4.40 Å². The Hall–Kier alpha value is -2.18. The molecule has 0 radical (unpaired) electrons. The molecule has 3 aromatic rings. The molecule has 2 heterocycles. The maximum absolute atomic E-state index is 9.84. The Kier molecular flexibility index (Phi) is 3.20. The van der Waals surface area contributed by atoms with Crippen LogP contribution in [0.15, 0.2) is 36.8 Å². The molecule has 0 amide bonds. The first-order valence-electron chi connectivity index (χ1n) is 7.56. The summed E-state index contributed by atoms with van der Waals surface area (Å²) in [6.07, 6.45) is 4.22. The number of benzene rings is 1. The van der Waals surface area contributed by atoms with Gasteiger partial charge in [-0.2, -0.15) is 0 Å². The lowest BCUT2D eigenvalue weighted by atomic mass is 9.90. The maximum atomic E-state index is 9.84. The minimum absolute atomic E-state index is 0.103. The molecular formula is C16H18N4O2. The van der Waals surface area contributed by atoms with Crippen molar-refractivity contribution in [1.82, 2.24) is 14.4 Å². The van der Waals surface area contributed by atoms with Gasteiger partial charge in [0, 0.05) is 6.04 Å². The first kappa shape index (κ1) is 13.5. The number of fused-ring (bicyclic) bond motifs is 3. The second kappa shape index (κ2) is 5.23. The van der Waals surface area contributed by atoms with Crippen LogP contribution in [0.5, 0.6) is 0 Å². The predicted octanol–water partition coefficient (Wildman–Crippen LogP) is 1.57. The van der Waals surface area contributed by atoms with E-state index >= 15 is 0 Å². The minimum atomic E-state index is -0.673. The van der Waals surface area contributed by atoms with E-state index in [4.69, 9.17) is 4.98 Å². The maximum Gasteiger partial charge on any atom is 0.152 e. The molecule has 114 valence electrons. The van der Waals surface area contributed by atoms with Gasteiger partial charge >= 0.3 is 0 Å². The molecule has 6 nitrogen and oxygen atoms in total. The van der Waals surface area contributed by atoms with E-state index in [-0.39, 0.29) is 6.04 Å². The molecule has 3 N–H and O–H groups in total. The standard InChI is InChI=1S/C16H18N4O2/c21-14-6-5-10(7-15(14)22)18-16-13-8-17-9-20(13)12-4-2-1-3-11(12)19-16/h1-4,8-10,14-15,21-22H,5-7H2,(H,18,19)/t10?,14-,15+/m1/s1. The number of nitrogens with zero attached hydrogens (tertiary/aromatic N) is 3. The summed E-state index contributed by atoms with van der Waals surface area (Å²) in [6, 6.07) is 8.03. The molecule has 1 aromatic carbocycles. The van der Waals surface area contributed by atoms with Crippen LogP contribution in [0.2, 0.25) is 0 Å². The smallest absolute Gasteiger partial charge is 0.152 e. The van der Waals surface area contributed by atoms with Gasteiger partial charge in [0.05, 0.1) is 35.8 Å². The summed E-state index contributed by atoms with van der Waals surface area (Å²) in [5.41, 5.74) is 2.82. The third-order valence-electron chi connectivity index (χ3n) is 4.38. The number of anilines is 1. The summed E-state index contributed by atoms with van der Waals surface area (Å²) in [7, 11) is 0. The lowest BCUT2D eigenvalue weighted by molar-refractivity contribution is -0.0120. The third kappa shape index (κ3) is 2.20. The van der Waals surface area contributed by atoms with Crippen molar-refractivity contribution < 1.29 is 10.2 Å². The molecule has 22 heavy (non-hydrogen) atoms. The van der Waals surface area contributed by atoms with Gasteiger partial charge in [-0.25, -0.2) is 9.97 Å². The fraction of sp³-hybridized carbons (Fsp3) is 0.375. The van der Waals surface area contributed by atoms with Gasteiger partial charge in [-0.05, 0) is 31.4 Å². The van der Waals surface area contributed by atoms with Gasteiger partial charge in [0.15, 0.2) is 5.82 Å². The second-order valence-corrected chi connectivity index (χ2v) is 5.89. The summed E-state index contributed by atoms with van der Waals surface area (Å²) >= 11 is 0. The van der Waals surface area contributed by atoms with Crippen LogP contribution in [-0.4, -0.2) is 42.8 Å². The van der Waals surface area contributed by atoms with E-state index in [1.165, 1.54) is 0 Å². The van der Waals surface area contributed by atoms with Crippen molar-refractivity contribution in [3.63, 3.8) is 0 Å². The quantitative estimate of drug-likeness (QED) is 0.669. The average Bonchev–Trinajstić information content (AvgIpc) is 3.01. The number of hydrogen-bond acceptors (Lipinski definition) is 5. The second-order valence-electron chi connectivity index (χ2n) is 5.89. The van der Waals surface area contributed by atoms with E-state index in [1.54, 1.807) is 12.5 Å². The van der Waals surface area contributed by atoms with Crippen molar-refractivity contribution >= 4 is 22.4 Å². The molecule has 0 spiro atoms. The molecule has 1 saturated carbocycles. The molecule has 0 bridgehead atoms. The number of imidazole rings is 1. The highest BCUT2D eigenvalue weighted by Crippen LogP contribution is 2.26. The van der Waals surface area contributed by atoms with Crippen molar-refractivity contribution in [3.8, 4) is 0 Å². The van der Waals surface area contributed by atoms with Crippen LogP contribution in [0, 0.1) is 0 Å². The molecule has 1 fully saturated rings. The highest BCUT2D eigenvalue weighted by atomic mass is 16.3. The minimum Gasteiger partial charge on any atom is -0.390 e. The molecule has 1 aliphatic carbocycles. The molecule has 3 atom stereocenters. The van der Waals surface area contributed by atoms with Crippen molar-refractivity contribution in [2.24, 2.45) is 0 Å². The van der Waals surface area contributed by atoms with Crippen molar-refractivity contribution in [1.29, 1.82) is 0 Å². The van der Waals surface area contributed by atoms with Crippen LogP contribution < -0.4 is 5.32 Å². The van der Waals surface area contributed by atoms with Gasteiger partial charge in [-0.1, -0.05) is 12.1 Å². The SMILES string of the molecule is O[C@@H]1CCC(Nc2nc3ccccc3n3cncc23)C[C@@H]1O. The summed E-state index contributed by atoms with van der Waals surface area (Å²) in [5.74, 6) is 0.768. The number of rotatable bonds is 2. The van der Waals surface area contributed by atoms with Crippen LogP contribution in [-0.2, 0) is 0 Å². The zero-order valence-corrected chi connectivity index (χ0v) is 12.1. The van der Waals surface area contributed by atoms with Crippen LogP contribution in [0.1, 0.15) is 19.3 Å². The van der Waals surface area contributed by atoms with Crippen LogP contribution in [0.25, 0.3) is 16.6 Å².